The Balaban J connectivity index is 1.79. The Morgan fingerprint density at radius 1 is 1.27 bits per heavy atom. The van der Waals surface area contributed by atoms with E-state index in [0.717, 1.165) is 18.4 Å². The van der Waals surface area contributed by atoms with Gasteiger partial charge in [0.1, 0.15) is 11.5 Å². The van der Waals surface area contributed by atoms with Crippen molar-refractivity contribution < 1.29 is 9.53 Å². The van der Waals surface area contributed by atoms with Crippen LogP contribution in [0.3, 0.4) is 0 Å². The van der Waals surface area contributed by atoms with Crippen LogP contribution in [0.25, 0.3) is 0 Å². The van der Waals surface area contributed by atoms with Crippen LogP contribution in [0, 0.1) is 16.7 Å². The third-order valence-electron chi connectivity index (χ3n) is 4.80. The molecule has 4 heteroatoms. The van der Waals surface area contributed by atoms with Crippen molar-refractivity contribution >= 4 is 5.91 Å². The Hall–Kier alpha value is -1.86. The average molecular weight is 298 g/mol. The summed E-state index contributed by atoms with van der Waals surface area (Å²) in [6.07, 6.45) is 3.22. The summed E-state index contributed by atoms with van der Waals surface area (Å²) in [7, 11) is 0. The summed E-state index contributed by atoms with van der Waals surface area (Å²) >= 11 is 0. The Morgan fingerprint density at radius 3 is 2.59 bits per heavy atom. The number of nitrogens with zero attached hydrogens (tertiary/aromatic N) is 2. The van der Waals surface area contributed by atoms with Crippen molar-refractivity contribution in [2.45, 2.75) is 44.8 Å². The lowest BCUT2D eigenvalue weighted by atomic mass is 9.86. The van der Waals surface area contributed by atoms with Crippen molar-refractivity contribution in [3.05, 3.63) is 35.9 Å². The minimum absolute atomic E-state index is 0.00332. The van der Waals surface area contributed by atoms with Crippen LogP contribution >= 0.6 is 0 Å². The van der Waals surface area contributed by atoms with Crippen molar-refractivity contribution in [3.63, 3.8) is 0 Å². The molecule has 22 heavy (non-hydrogen) atoms. The first kappa shape index (κ1) is 15.1. The van der Waals surface area contributed by atoms with E-state index in [4.69, 9.17) is 4.74 Å². The van der Waals surface area contributed by atoms with Gasteiger partial charge in [0, 0.05) is 6.54 Å². The lowest BCUT2D eigenvalue weighted by Crippen LogP contribution is -2.50. The van der Waals surface area contributed by atoms with E-state index in [1.165, 1.54) is 0 Å². The maximum absolute atomic E-state index is 12.9. The summed E-state index contributed by atoms with van der Waals surface area (Å²) in [5.41, 5.74) is 0.294. The number of benzene rings is 1. The van der Waals surface area contributed by atoms with Gasteiger partial charge in [0.05, 0.1) is 18.7 Å². The van der Waals surface area contributed by atoms with E-state index in [0.29, 0.717) is 25.9 Å². The van der Waals surface area contributed by atoms with E-state index < -0.39 is 5.41 Å². The summed E-state index contributed by atoms with van der Waals surface area (Å²) in [4.78, 5) is 14.8. The Kier molecular flexibility index (Phi) is 4.17. The second kappa shape index (κ2) is 6.10. The molecule has 2 atom stereocenters. The fourth-order valence-corrected chi connectivity index (χ4v) is 3.62. The molecule has 1 heterocycles. The van der Waals surface area contributed by atoms with Crippen molar-refractivity contribution in [1.29, 1.82) is 5.26 Å². The molecule has 0 bridgehead atoms. The number of carbonyl (C=O) groups is 1. The normalized spacial score (nSPS) is 27.4. The molecule has 1 saturated heterocycles. The van der Waals surface area contributed by atoms with Gasteiger partial charge < -0.3 is 9.64 Å². The van der Waals surface area contributed by atoms with Gasteiger partial charge >= 0.3 is 0 Å². The van der Waals surface area contributed by atoms with Gasteiger partial charge in [-0.15, -0.1) is 0 Å². The first-order valence-corrected chi connectivity index (χ1v) is 8.06. The molecule has 3 rings (SSSR count). The summed E-state index contributed by atoms with van der Waals surface area (Å²) in [5.74, 6) is 0.00332. The van der Waals surface area contributed by atoms with Gasteiger partial charge in [-0.05, 0) is 25.3 Å². The van der Waals surface area contributed by atoms with E-state index in [1.54, 1.807) is 0 Å². The minimum atomic E-state index is -0.793. The van der Waals surface area contributed by atoms with Gasteiger partial charge in [-0.2, -0.15) is 5.26 Å². The van der Waals surface area contributed by atoms with E-state index in [1.807, 2.05) is 42.2 Å². The predicted octanol–water partition coefficient (Wildman–Crippen LogP) is 3.06. The number of ether oxygens (including phenoxy) is 1. The van der Waals surface area contributed by atoms with E-state index in [2.05, 4.69) is 6.07 Å². The second-order valence-corrected chi connectivity index (χ2v) is 6.46. The average Bonchev–Trinajstić information content (AvgIpc) is 3.04. The van der Waals surface area contributed by atoms with Crippen LogP contribution in [0.15, 0.2) is 30.3 Å². The molecule has 1 aromatic carbocycles. The molecule has 1 amide bonds. The number of carbonyl (C=O) groups excluding carboxylic acids is 1. The molecular weight excluding hydrogens is 276 g/mol. The van der Waals surface area contributed by atoms with E-state index in [9.17, 15) is 10.1 Å². The lowest BCUT2D eigenvalue weighted by molar-refractivity contribution is -0.152. The molecule has 0 aromatic heterocycles. The van der Waals surface area contributed by atoms with E-state index >= 15 is 0 Å². The summed E-state index contributed by atoms with van der Waals surface area (Å²) < 4.78 is 6.01. The van der Waals surface area contributed by atoms with Crippen LogP contribution in [0.4, 0.5) is 0 Å². The van der Waals surface area contributed by atoms with Crippen LogP contribution < -0.4 is 0 Å². The zero-order valence-corrected chi connectivity index (χ0v) is 13.0. The third-order valence-corrected chi connectivity index (χ3v) is 4.80. The first-order chi connectivity index (χ1) is 10.6. The molecule has 0 N–H and O–H groups in total. The predicted molar refractivity (Wildman–Crippen MR) is 82.8 cm³/mol. The van der Waals surface area contributed by atoms with Gasteiger partial charge in [0.15, 0.2) is 0 Å². The topological polar surface area (TPSA) is 53.3 Å². The van der Waals surface area contributed by atoms with Crippen molar-refractivity contribution in [1.82, 2.24) is 4.90 Å². The zero-order chi connectivity index (χ0) is 15.6. The summed E-state index contributed by atoms with van der Waals surface area (Å²) in [6, 6.07) is 12.3. The molecule has 1 aliphatic carbocycles. The quantitative estimate of drug-likeness (QED) is 0.843. The summed E-state index contributed by atoms with van der Waals surface area (Å²) in [5, 5.41) is 9.54. The maximum atomic E-state index is 12.9. The number of nitriles is 1. The van der Waals surface area contributed by atoms with E-state index in [-0.39, 0.29) is 18.1 Å². The van der Waals surface area contributed by atoms with Crippen LogP contribution in [-0.4, -0.2) is 30.0 Å². The van der Waals surface area contributed by atoms with Crippen LogP contribution in [-0.2, 0) is 9.53 Å². The SMILES string of the molecule is C[C@@H]1CN(C(=O)C2(C#N)CCCC2)C[C@H](c2ccccc2)O1. The molecule has 0 unspecified atom stereocenters. The van der Waals surface area contributed by atoms with Gasteiger partial charge in [0.25, 0.3) is 0 Å². The Labute approximate surface area is 131 Å². The molecule has 1 aromatic rings. The lowest BCUT2D eigenvalue weighted by Gasteiger charge is -2.39. The fourth-order valence-electron chi connectivity index (χ4n) is 3.62. The van der Waals surface area contributed by atoms with Gasteiger partial charge in [0.2, 0.25) is 5.91 Å². The smallest absolute Gasteiger partial charge is 0.243 e. The number of amides is 1. The number of rotatable bonds is 2. The molecule has 2 fully saturated rings. The van der Waals surface area contributed by atoms with Crippen molar-refractivity contribution in [2.75, 3.05) is 13.1 Å². The highest BCUT2D eigenvalue weighted by atomic mass is 16.5. The molecule has 0 radical (unpaired) electrons. The summed E-state index contributed by atoms with van der Waals surface area (Å²) in [6.45, 7) is 3.10. The standard InChI is InChI=1S/C18H22N2O2/c1-14-11-20(17(21)18(13-19)9-5-6-10-18)12-16(22-14)15-7-3-2-4-8-15/h2-4,7-8,14,16H,5-6,9-12H2,1H3/t14-,16-/m1/s1. The molecule has 4 nitrogen and oxygen atoms in total. The number of morpholine rings is 1. The maximum Gasteiger partial charge on any atom is 0.243 e. The molecule has 116 valence electrons. The van der Waals surface area contributed by atoms with Crippen molar-refractivity contribution in [3.8, 4) is 6.07 Å². The molecule has 2 aliphatic rings. The highest BCUT2D eigenvalue weighted by molar-refractivity contribution is 5.86. The van der Waals surface area contributed by atoms with Crippen LogP contribution in [0.2, 0.25) is 0 Å². The molecule has 0 spiro atoms. The molecule has 1 aliphatic heterocycles. The van der Waals surface area contributed by atoms with Crippen LogP contribution in [0.5, 0.6) is 0 Å². The molecular formula is C18H22N2O2. The van der Waals surface area contributed by atoms with Gasteiger partial charge in [-0.25, -0.2) is 0 Å². The first-order valence-electron chi connectivity index (χ1n) is 8.06. The van der Waals surface area contributed by atoms with Gasteiger partial charge in [-0.3, -0.25) is 4.79 Å². The Bertz CT molecular complexity index is 572. The fraction of sp³-hybridized carbons (Fsp3) is 0.556. The highest BCUT2D eigenvalue weighted by Crippen LogP contribution is 2.40. The minimum Gasteiger partial charge on any atom is -0.367 e. The molecule has 1 saturated carbocycles. The largest absolute Gasteiger partial charge is 0.367 e. The highest BCUT2D eigenvalue weighted by Gasteiger charge is 2.45. The Morgan fingerprint density at radius 2 is 1.95 bits per heavy atom. The van der Waals surface area contributed by atoms with Gasteiger partial charge in [-0.1, -0.05) is 43.2 Å². The van der Waals surface area contributed by atoms with Crippen molar-refractivity contribution in [2.24, 2.45) is 5.41 Å². The second-order valence-electron chi connectivity index (χ2n) is 6.46. The number of hydrogen-bond acceptors (Lipinski definition) is 3. The number of hydrogen-bond donors (Lipinski definition) is 0. The third kappa shape index (κ3) is 2.74. The zero-order valence-electron chi connectivity index (χ0n) is 13.0. The van der Waals surface area contributed by atoms with Crippen LogP contribution in [0.1, 0.15) is 44.3 Å². The monoisotopic (exact) mass is 298 g/mol.